The molecule has 0 aliphatic rings. The van der Waals surface area contributed by atoms with Crippen molar-refractivity contribution < 1.29 is 23.8 Å². The van der Waals surface area contributed by atoms with E-state index in [4.69, 9.17) is 14.2 Å². The van der Waals surface area contributed by atoms with Gasteiger partial charge in [-0.3, -0.25) is 9.59 Å². The number of methoxy groups -OCH3 is 3. The highest BCUT2D eigenvalue weighted by Crippen LogP contribution is 2.40. The second kappa shape index (κ2) is 8.42. The summed E-state index contributed by atoms with van der Waals surface area (Å²) < 4.78 is 15.7. The number of ether oxygens (including phenoxy) is 3. The van der Waals surface area contributed by atoms with Gasteiger partial charge in [-0.1, -0.05) is 6.92 Å². The molecular weight excluding hydrogens is 312 g/mol. The number of hydrogen-bond donors (Lipinski definition) is 2. The summed E-state index contributed by atoms with van der Waals surface area (Å²) in [5.41, 5.74) is -0.763. The van der Waals surface area contributed by atoms with Gasteiger partial charge in [-0.2, -0.15) is 0 Å². The van der Waals surface area contributed by atoms with Gasteiger partial charge >= 0.3 is 0 Å². The van der Waals surface area contributed by atoms with Crippen molar-refractivity contribution in [1.29, 1.82) is 0 Å². The van der Waals surface area contributed by atoms with E-state index in [1.807, 2.05) is 6.92 Å². The Kier molecular flexibility index (Phi) is 6.88. The Morgan fingerprint density at radius 2 is 1.54 bits per heavy atom. The highest BCUT2D eigenvalue weighted by molar-refractivity contribution is 6.10. The summed E-state index contributed by atoms with van der Waals surface area (Å²) in [4.78, 5) is 24.7. The van der Waals surface area contributed by atoms with Gasteiger partial charge in [-0.15, -0.1) is 0 Å². The molecule has 0 radical (unpaired) electrons. The van der Waals surface area contributed by atoms with E-state index in [1.54, 1.807) is 26.0 Å². The van der Waals surface area contributed by atoms with Crippen molar-refractivity contribution in [2.75, 3.05) is 33.2 Å². The Balaban J connectivity index is 3.03. The lowest BCUT2D eigenvalue weighted by atomic mass is 9.91. The van der Waals surface area contributed by atoms with Crippen LogP contribution >= 0.6 is 0 Å². The van der Waals surface area contributed by atoms with Crippen LogP contribution in [0, 0.1) is 5.41 Å². The number of amides is 2. The summed E-state index contributed by atoms with van der Waals surface area (Å²) >= 11 is 0. The molecule has 7 nitrogen and oxygen atoms in total. The zero-order valence-electron chi connectivity index (χ0n) is 15.1. The molecule has 7 heteroatoms. The third-order valence-corrected chi connectivity index (χ3v) is 3.59. The molecule has 0 saturated carbocycles. The molecule has 1 aromatic carbocycles. The number of carbonyl (C=O) groups is 2. The zero-order valence-corrected chi connectivity index (χ0v) is 15.1. The van der Waals surface area contributed by atoms with Crippen molar-refractivity contribution in [3.63, 3.8) is 0 Å². The molecule has 134 valence electrons. The van der Waals surface area contributed by atoms with Crippen LogP contribution in [0.15, 0.2) is 12.1 Å². The topological polar surface area (TPSA) is 85.9 Å². The molecule has 2 amide bonds. The first-order valence-corrected chi connectivity index (χ1v) is 7.71. The maximum atomic E-state index is 12.5. The van der Waals surface area contributed by atoms with E-state index in [1.165, 1.54) is 21.3 Å². The second-order valence-electron chi connectivity index (χ2n) is 5.75. The molecule has 0 spiro atoms. The first kappa shape index (κ1) is 19.6. The van der Waals surface area contributed by atoms with E-state index in [9.17, 15) is 9.59 Å². The number of rotatable bonds is 8. The van der Waals surface area contributed by atoms with Crippen LogP contribution < -0.4 is 24.8 Å². The van der Waals surface area contributed by atoms with E-state index in [0.717, 1.165) is 6.42 Å². The summed E-state index contributed by atoms with van der Waals surface area (Å²) in [7, 11) is 4.48. The van der Waals surface area contributed by atoms with Gasteiger partial charge in [-0.25, -0.2) is 0 Å². The van der Waals surface area contributed by atoms with Crippen LogP contribution in [-0.4, -0.2) is 39.7 Å². The molecule has 0 unspecified atom stereocenters. The SMILES string of the molecule is CCCNC(=O)C(C)(C)C(=O)Nc1cc(OC)c(OC)c(OC)c1. The van der Waals surface area contributed by atoms with Crippen molar-refractivity contribution in [3.05, 3.63) is 12.1 Å². The predicted octanol–water partition coefficient (Wildman–Crippen LogP) is 2.20. The normalized spacial score (nSPS) is 10.8. The van der Waals surface area contributed by atoms with Gasteiger partial charge in [-0.05, 0) is 20.3 Å². The highest BCUT2D eigenvalue weighted by Gasteiger charge is 2.36. The lowest BCUT2D eigenvalue weighted by molar-refractivity contribution is -0.138. The van der Waals surface area contributed by atoms with E-state index in [2.05, 4.69) is 10.6 Å². The Hall–Kier alpha value is -2.44. The number of nitrogens with one attached hydrogen (secondary N) is 2. The number of hydrogen-bond acceptors (Lipinski definition) is 5. The first-order valence-electron chi connectivity index (χ1n) is 7.71. The molecule has 1 rings (SSSR count). The molecule has 0 aliphatic carbocycles. The predicted molar refractivity (Wildman–Crippen MR) is 91.8 cm³/mol. The fourth-order valence-corrected chi connectivity index (χ4v) is 2.00. The van der Waals surface area contributed by atoms with Crippen LogP contribution in [0.1, 0.15) is 27.2 Å². The smallest absolute Gasteiger partial charge is 0.239 e. The van der Waals surface area contributed by atoms with Gasteiger partial charge in [0.15, 0.2) is 11.5 Å². The van der Waals surface area contributed by atoms with Gasteiger partial charge in [0.25, 0.3) is 0 Å². The van der Waals surface area contributed by atoms with Gasteiger partial charge in [0, 0.05) is 24.4 Å². The van der Waals surface area contributed by atoms with Crippen molar-refractivity contribution in [2.45, 2.75) is 27.2 Å². The third-order valence-electron chi connectivity index (χ3n) is 3.59. The standard InChI is InChI=1S/C17H26N2O5/c1-7-8-18-15(20)17(2,3)16(21)19-11-9-12(22-4)14(24-6)13(10-11)23-5/h9-10H,7-8H2,1-6H3,(H,18,20)(H,19,21). The van der Waals surface area contributed by atoms with E-state index < -0.39 is 11.3 Å². The van der Waals surface area contributed by atoms with Gasteiger partial charge in [0.05, 0.1) is 21.3 Å². The maximum Gasteiger partial charge on any atom is 0.239 e. The highest BCUT2D eigenvalue weighted by atomic mass is 16.5. The minimum absolute atomic E-state index is 0.325. The lowest BCUT2D eigenvalue weighted by Gasteiger charge is -2.23. The molecule has 0 fully saturated rings. The first-order chi connectivity index (χ1) is 11.3. The quantitative estimate of drug-likeness (QED) is 0.710. The Labute approximate surface area is 142 Å². The van der Waals surface area contributed by atoms with Gasteiger partial charge in [0.1, 0.15) is 5.41 Å². The summed E-state index contributed by atoms with van der Waals surface area (Å²) in [6, 6.07) is 3.22. The Morgan fingerprint density at radius 1 is 1.00 bits per heavy atom. The van der Waals surface area contributed by atoms with Gasteiger partial charge in [0.2, 0.25) is 17.6 Å². The Morgan fingerprint density at radius 3 is 1.96 bits per heavy atom. The van der Waals surface area contributed by atoms with Crippen LogP contribution in [0.5, 0.6) is 17.2 Å². The maximum absolute atomic E-state index is 12.5. The average molecular weight is 338 g/mol. The molecule has 24 heavy (non-hydrogen) atoms. The summed E-state index contributed by atoms with van der Waals surface area (Å²) in [5, 5.41) is 5.46. The van der Waals surface area contributed by atoms with Crippen molar-refractivity contribution in [2.24, 2.45) is 5.41 Å². The minimum Gasteiger partial charge on any atom is -0.493 e. The molecule has 2 N–H and O–H groups in total. The number of carbonyl (C=O) groups excluding carboxylic acids is 2. The molecule has 0 bridgehead atoms. The monoisotopic (exact) mass is 338 g/mol. The average Bonchev–Trinajstić information content (AvgIpc) is 2.58. The summed E-state index contributed by atoms with van der Waals surface area (Å²) in [5.74, 6) is 0.512. The molecular formula is C17H26N2O5. The van der Waals surface area contributed by atoms with Crippen molar-refractivity contribution >= 4 is 17.5 Å². The van der Waals surface area contributed by atoms with Crippen LogP contribution in [0.3, 0.4) is 0 Å². The molecule has 0 atom stereocenters. The van der Waals surface area contributed by atoms with Gasteiger partial charge < -0.3 is 24.8 Å². The van der Waals surface area contributed by atoms with E-state index in [0.29, 0.717) is 29.5 Å². The molecule has 1 aromatic rings. The molecule has 0 saturated heterocycles. The lowest BCUT2D eigenvalue weighted by Crippen LogP contribution is -2.45. The molecule has 0 heterocycles. The third kappa shape index (κ3) is 4.31. The van der Waals surface area contributed by atoms with E-state index >= 15 is 0 Å². The fraction of sp³-hybridized carbons (Fsp3) is 0.529. The van der Waals surface area contributed by atoms with Crippen molar-refractivity contribution in [3.8, 4) is 17.2 Å². The second-order valence-corrected chi connectivity index (χ2v) is 5.75. The van der Waals surface area contributed by atoms with Crippen molar-refractivity contribution in [1.82, 2.24) is 5.32 Å². The zero-order chi connectivity index (χ0) is 18.3. The van der Waals surface area contributed by atoms with Crippen LogP contribution in [0.2, 0.25) is 0 Å². The van der Waals surface area contributed by atoms with E-state index in [-0.39, 0.29) is 5.91 Å². The number of anilines is 1. The van der Waals surface area contributed by atoms with Crippen LogP contribution in [0.25, 0.3) is 0 Å². The Bertz CT molecular complexity index is 574. The molecule has 0 aliphatic heterocycles. The minimum atomic E-state index is -1.21. The molecule has 0 aromatic heterocycles. The number of benzene rings is 1. The summed E-state index contributed by atoms with van der Waals surface area (Å²) in [6.07, 6.45) is 0.802. The largest absolute Gasteiger partial charge is 0.493 e. The fourth-order valence-electron chi connectivity index (χ4n) is 2.00. The summed E-state index contributed by atoms with van der Waals surface area (Å²) in [6.45, 7) is 5.62. The van der Waals surface area contributed by atoms with Crippen LogP contribution in [0.4, 0.5) is 5.69 Å². The van der Waals surface area contributed by atoms with Crippen LogP contribution in [-0.2, 0) is 9.59 Å².